The summed E-state index contributed by atoms with van der Waals surface area (Å²) in [5.41, 5.74) is 0.00934. The Hall–Kier alpha value is -3.60. The summed E-state index contributed by atoms with van der Waals surface area (Å²) in [6.07, 6.45) is 3.56. The zero-order chi connectivity index (χ0) is 23.5. The van der Waals surface area contributed by atoms with Gasteiger partial charge in [0.05, 0.1) is 5.69 Å². The zero-order valence-electron chi connectivity index (χ0n) is 18.9. The highest BCUT2D eigenvalue weighted by Gasteiger charge is 2.22. The van der Waals surface area contributed by atoms with Gasteiger partial charge in [-0.25, -0.2) is 4.79 Å². The van der Waals surface area contributed by atoms with Gasteiger partial charge in [0.1, 0.15) is 0 Å². The minimum absolute atomic E-state index is 0.161. The van der Waals surface area contributed by atoms with Crippen LogP contribution in [0.3, 0.4) is 0 Å². The number of nitrogens with zero attached hydrogens (tertiary/aromatic N) is 6. The largest absolute Gasteiger partial charge is 0.351 e. The topological polar surface area (TPSA) is 128 Å². The number of carbonyl (C=O) groups excluding carboxylic acids is 1. The molecule has 1 saturated heterocycles. The first-order chi connectivity index (χ1) is 15.8. The van der Waals surface area contributed by atoms with Crippen molar-refractivity contribution in [2.24, 2.45) is 7.05 Å². The number of likely N-dealkylation sites (tertiary alicyclic amines) is 1. The van der Waals surface area contributed by atoms with Crippen molar-refractivity contribution in [3.8, 4) is 17.2 Å². The highest BCUT2D eigenvalue weighted by Crippen LogP contribution is 2.15. The number of piperidine rings is 1. The maximum Gasteiger partial charge on any atom is 0.351 e. The first-order valence-corrected chi connectivity index (χ1v) is 11.0. The summed E-state index contributed by atoms with van der Waals surface area (Å²) in [4.78, 5) is 44.1. The van der Waals surface area contributed by atoms with Crippen molar-refractivity contribution in [3.63, 3.8) is 0 Å². The molecule has 0 bridgehead atoms. The molecule has 1 aliphatic rings. The Balaban J connectivity index is 1.53. The van der Waals surface area contributed by atoms with Crippen LogP contribution in [0.1, 0.15) is 42.4 Å². The fourth-order valence-corrected chi connectivity index (χ4v) is 3.86. The van der Waals surface area contributed by atoms with E-state index >= 15 is 0 Å². The number of hydrogen-bond acceptors (Lipinski definition) is 8. The van der Waals surface area contributed by atoms with Gasteiger partial charge in [-0.1, -0.05) is 29.3 Å². The van der Waals surface area contributed by atoms with E-state index in [1.807, 2.05) is 19.1 Å². The van der Waals surface area contributed by atoms with Crippen molar-refractivity contribution < 1.29 is 9.32 Å². The molecule has 1 aliphatic heterocycles. The third-order valence-electron chi connectivity index (χ3n) is 5.91. The molecule has 1 amide bonds. The van der Waals surface area contributed by atoms with E-state index < -0.39 is 17.2 Å². The molecule has 4 rings (SSSR count). The molecule has 3 aromatic rings. The van der Waals surface area contributed by atoms with E-state index in [1.54, 1.807) is 12.1 Å². The number of rotatable bonds is 6. The highest BCUT2D eigenvalue weighted by atomic mass is 16.5. The average molecular weight is 454 g/mol. The number of aromatic nitrogens is 5. The lowest BCUT2D eigenvalue weighted by Gasteiger charge is -2.33. The second-order valence-electron chi connectivity index (χ2n) is 8.30. The molecule has 174 valence electrons. The number of hydrogen-bond donors (Lipinski definition) is 1. The molecule has 0 saturated carbocycles. The summed E-state index contributed by atoms with van der Waals surface area (Å²) in [5.74, 6) is -0.956. The molecule has 1 aromatic carbocycles. The summed E-state index contributed by atoms with van der Waals surface area (Å²) < 4.78 is 7.07. The normalized spacial score (nSPS) is 16.6. The summed E-state index contributed by atoms with van der Waals surface area (Å²) in [6.45, 7) is 6.31. The van der Waals surface area contributed by atoms with Crippen LogP contribution in [0.5, 0.6) is 0 Å². The van der Waals surface area contributed by atoms with Crippen molar-refractivity contribution in [1.82, 2.24) is 34.7 Å². The Bertz CT molecular complexity index is 1260. The molecule has 1 atom stereocenters. The summed E-state index contributed by atoms with van der Waals surface area (Å²) in [7, 11) is 1.34. The predicted molar refractivity (Wildman–Crippen MR) is 120 cm³/mol. The molecular weight excluding hydrogens is 426 g/mol. The molecule has 2 aromatic heterocycles. The van der Waals surface area contributed by atoms with Crippen LogP contribution < -0.4 is 16.6 Å². The molecule has 0 radical (unpaired) electrons. The third-order valence-corrected chi connectivity index (χ3v) is 5.91. The number of nitrogens with one attached hydrogen (secondary N) is 1. The van der Waals surface area contributed by atoms with Crippen LogP contribution >= 0.6 is 0 Å². The molecule has 0 aliphatic carbocycles. The summed E-state index contributed by atoms with van der Waals surface area (Å²) >= 11 is 0. The Morgan fingerprint density at radius 3 is 2.70 bits per heavy atom. The Labute approximate surface area is 190 Å². The lowest BCUT2D eigenvalue weighted by molar-refractivity contribution is 0.0895. The standard InChI is InChI=1S/C22H27N7O4/c1-14-7-9-16(10-8-14)29-22(32)27(3)21(31)17(25-29)18-24-20(33-26-18)19(30)23-11-13-28-12-5-4-6-15(28)2/h7-10,15H,4-6,11-13H2,1-3H3,(H,23,30)/t15-/m0/s1. The van der Waals surface area contributed by atoms with Gasteiger partial charge in [-0.3, -0.25) is 19.1 Å². The molecule has 33 heavy (non-hydrogen) atoms. The van der Waals surface area contributed by atoms with Crippen LogP contribution in [0.2, 0.25) is 0 Å². The van der Waals surface area contributed by atoms with Gasteiger partial charge in [0.25, 0.3) is 5.56 Å². The monoisotopic (exact) mass is 453 g/mol. The third kappa shape index (κ3) is 4.77. The van der Waals surface area contributed by atoms with Crippen molar-refractivity contribution in [2.45, 2.75) is 39.2 Å². The van der Waals surface area contributed by atoms with Gasteiger partial charge in [0.2, 0.25) is 5.82 Å². The van der Waals surface area contributed by atoms with Gasteiger partial charge in [-0.2, -0.15) is 14.8 Å². The van der Waals surface area contributed by atoms with Gasteiger partial charge < -0.3 is 9.84 Å². The van der Waals surface area contributed by atoms with Crippen molar-refractivity contribution in [2.75, 3.05) is 19.6 Å². The van der Waals surface area contributed by atoms with Crippen LogP contribution in [0, 0.1) is 6.92 Å². The number of aryl methyl sites for hydroxylation is 1. The number of amides is 1. The van der Waals surface area contributed by atoms with Crippen LogP contribution in [0.25, 0.3) is 17.2 Å². The average Bonchev–Trinajstić information content (AvgIpc) is 3.30. The Kier molecular flexibility index (Phi) is 6.50. The second kappa shape index (κ2) is 9.49. The minimum Gasteiger partial charge on any atom is -0.347 e. The van der Waals surface area contributed by atoms with Gasteiger partial charge in [-0.15, -0.1) is 0 Å². The molecule has 0 unspecified atom stereocenters. The smallest absolute Gasteiger partial charge is 0.347 e. The quantitative estimate of drug-likeness (QED) is 0.583. The maximum absolute atomic E-state index is 12.6. The first-order valence-electron chi connectivity index (χ1n) is 11.0. The molecule has 1 N–H and O–H groups in total. The molecule has 0 spiro atoms. The Morgan fingerprint density at radius 2 is 1.97 bits per heavy atom. The van der Waals surface area contributed by atoms with E-state index in [2.05, 4.69) is 32.4 Å². The first kappa shape index (κ1) is 22.6. The summed E-state index contributed by atoms with van der Waals surface area (Å²) in [6, 6.07) is 7.59. The molecule has 1 fully saturated rings. The van der Waals surface area contributed by atoms with Crippen LogP contribution in [-0.4, -0.2) is 61.0 Å². The van der Waals surface area contributed by atoms with Gasteiger partial charge in [-0.05, 0) is 45.4 Å². The van der Waals surface area contributed by atoms with Crippen molar-refractivity contribution in [1.29, 1.82) is 0 Å². The molecule has 11 nitrogen and oxygen atoms in total. The van der Waals surface area contributed by atoms with Gasteiger partial charge in [0, 0.05) is 26.2 Å². The summed E-state index contributed by atoms with van der Waals surface area (Å²) in [5, 5.41) is 10.7. The second-order valence-corrected chi connectivity index (χ2v) is 8.30. The van der Waals surface area contributed by atoms with Crippen molar-refractivity contribution in [3.05, 3.63) is 56.6 Å². The predicted octanol–water partition coefficient (Wildman–Crippen LogP) is 0.894. The van der Waals surface area contributed by atoms with E-state index in [0.29, 0.717) is 18.3 Å². The van der Waals surface area contributed by atoms with Crippen LogP contribution in [0.4, 0.5) is 0 Å². The number of carbonyl (C=O) groups is 1. The zero-order valence-corrected chi connectivity index (χ0v) is 18.9. The maximum atomic E-state index is 12.6. The lowest BCUT2D eigenvalue weighted by atomic mass is 10.0. The number of benzene rings is 1. The van der Waals surface area contributed by atoms with E-state index in [9.17, 15) is 14.4 Å². The SMILES string of the molecule is Cc1ccc(-n2nc(-c3noc(C(=O)NCCN4CCCC[C@@H]4C)n3)c(=O)n(C)c2=O)cc1. The molecule has 11 heteroatoms. The fourth-order valence-electron chi connectivity index (χ4n) is 3.86. The van der Waals surface area contributed by atoms with E-state index in [4.69, 9.17) is 4.52 Å². The van der Waals surface area contributed by atoms with Gasteiger partial charge >= 0.3 is 17.5 Å². The van der Waals surface area contributed by atoms with Crippen molar-refractivity contribution >= 4 is 5.91 Å². The lowest BCUT2D eigenvalue weighted by Crippen LogP contribution is -2.42. The molecule has 3 heterocycles. The minimum atomic E-state index is -0.685. The van der Waals surface area contributed by atoms with E-state index in [1.165, 1.54) is 13.5 Å². The Morgan fingerprint density at radius 1 is 1.21 bits per heavy atom. The highest BCUT2D eigenvalue weighted by molar-refractivity contribution is 5.89. The molecular formula is C22H27N7O4. The van der Waals surface area contributed by atoms with E-state index in [-0.39, 0.29) is 17.4 Å². The van der Waals surface area contributed by atoms with Gasteiger partial charge in [0.15, 0.2) is 5.69 Å². The van der Waals surface area contributed by atoms with Crippen LogP contribution in [-0.2, 0) is 7.05 Å². The van der Waals surface area contributed by atoms with E-state index in [0.717, 1.165) is 40.7 Å². The van der Waals surface area contributed by atoms with Crippen LogP contribution in [0.15, 0.2) is 38.4 Å². The fraction of sp³-hybridized carbons (Fsp3) is 0.455.